The summed E-state index contributed by atoms with van der Waals surface area (Å²) in [5.41, 5.74) is 2.25. The Kier molecular flexibility index (Phi) is 9.45. The molecule has 3 unspecified atom stereocenters. The van der Waals surface area contributed by atoms with Crippen molar-refractivity contribution in [2.45, 2.75) is 131 Å². The minimum atomic E-state index is -1.50. The molecule has 2 aliphatic heterocycles. The summed E-state index contributed by atoms with van der Waals surface area (Å²) in [6.07, 6.45) is 9.48. The number of amides is 4. The highest BCUT2D eigenvalue weighted by atomic mass is 28.3. The van der Waals surface area contributed by atoms with Crippen LogP contribution in [-0.2, 0) is 14.3 Å². The normalized spacial score (nSPS) is 25.1. The lowest BCUT2D eigenvalue weighted by Crippen LogP contribution is -2.55. The van der Waals surface area contributed by atoms with E-state index in [0.29, 0.717) is 31.2 Å². The Morgan fingerprint density at radius 1 is 0.921 bits per heavy atom. The van der Waals surface area contributed by atoms with Crippen LogP contribution >= 0.6 is 0 Å². The molecule has 4 amide bonds. The number of epoxide rings is 1. The topological polar surface area (TPSA) is 70.2 Å². The first-order valence-corrected chi connectivity index (χ1v) is 18.3. The van der Waals surface area contributed by atoms with Gasteiger partial charge in [-0.1, -0.05) is 67.1 Å². The highest BCUT2D eigenvalue weighted by Gasteiger charge is 2.50. The first-order chi connectivity index (χ1) is 17.5. The zero-order valence-corrected chi connectivity index (χ0v) is 26.5. The van der Waals surface area contributed by atoms with Crippen LogP contribution in [0.15, 0.2) is 12.3 Å². The maximum atomic E-state index is 13.1. The van der Waals surface area contributed by atoms with E-state index in [1.807, 2.05) is 5.70 Å². The summed E-state index contributed by atoms with van der Waals surface area (Å²) >= 11 is 0. The predicted octanol–water partition coefficient (Wildman–Crippen LogP) is 7.20. The lowest BCUT2D eigenvalue weighted by molar-refractivity contribution is -0.142. The first kappa shape index (κ1) is 31.1. The Morgan fingerprint density at radius 3 is 2.11 bits per heavy atom. The van der Waals surface area contributed by atoms with E-state index in [0.717, 1.165) is 25.3 Å². The van der Waals surface area contributed by atoms with Gasteiger partial charge in [0.05, 0.1) is 20.3 Å². The van der Waals surface area contributed by atoms with Gasteiger partial charge in [-0.15, -0.1) is 12.3 Å². The SMILES string of the molecule is C=C[Si](C)(C)CCCN1C(=O)CC(=O)N(CCCC(C)(C)C(C)(C)C(C)(C)CCC2CCCC3OC23)C1=O. The monoisotopic (exact) mass is 546 g/mol. The Bertz CT molecular complexity index is 910. The fourth-order valence-corrected chi connectivity index (χ4v) is 7.81. The molecule has 1 saturated carbocycles. The van der Waals surface area contributed by atoms with Crippen molar-refractivity contribution in [1.29, 1.82) is 0 Å². The van der Waals surface area contributed by atoms with E-state index in [2.05, 4.69) is 61.2 Å². The number of rotatable bonds is 14. The second kappa shape index (κ2) is 11.6. The molecule has 3 atom stereocenters. The Balaban J connectivity index is 1.54. The number of carbonyl (C=O) groups excluding carboxylic acids is 3. The van der Waals surface area contributed by atoms with Crippen LogP contribution in [0.5, 0.6) is 0 Å². The minimum Gasteiger partial charge on any atom is -0.369 e. The predicted molar refractivity (Wildman–Crippen MR) is 156 cm³/mol. The number of hydrogen-bond donors (Lipinski definition) is 0. The van der Waals surface area contributed by atoms with Crippen LogP contribution in [0.25, 0.3) is 0 Å². The number of hydrogen-bond acceptors (Lipinski definition) is 4. The molecule has 0 aromatic rings. The van der Waals surface area contributed by atoms with Crippen LogP contribution in [0.2, 0.25) is 19.1 Å². The smallest absolute Gasteiger partial charge is 0.333 e. The molecule has 2 saturated heterocycles. The highest BCUT2D eigenvalue weighted by Crippen LogP contribution is 2.56. The van der Waals surface area contributed by atoms with Gasteiger partial charge in [-0.2, -0.15) is 0 Å². The Labute approximate surface area is 232 Å². The van der Waals surface area contributed by atoms with Crippen LogP contribution < -0.4 is 0 Å². The van der Waals surface area contributed by atoms with Gasteiger partial charge in [-0.25, -0.2) is 4.79 Å². The highest BCUT2D eigenvalue weighted by molar-refractivity contribution is 6.82. The third-order valence-electron chi connectivity index (χ3n) is 11.0. The molecule has 0 N–H and O–H groups in total. The standard InChI is InChI=1S/C31H54N2O4Si/c1-10-38(8,9)21-13-20-33-26(35)22-25(34)32(28(33)36)19-12-17-29(2,3)31(6,7)30(4,5)18-16-23-14-11-15-24-27(23)37-24/h10,23-24,27H,1,11-22H2,2-9H3. The van der Waals surface area contributed by atoms with E-state index >= 15 is 0 Å². The molecule has 38 heavy (non-hydrogen) atoms. The van der Waals surface area contributed by atoms with Crippen LogP contribution in [0.3, 0.4) is 0 Å². The van der Waals surface area contributed by atoms with Crippen molar-refractivity contribution in [3.05, 3.63) is 12.3 Å². The van der Waals surface area contributed by atoms with Crippen LogP contribution in [-0.4, -0.2) is 61.0 Å². The molecule has 1 aliphatic carbocycles. The maximum absolute atomic E-state index is 13.1. The van der Waals surface area contributed by atoms with Crippen molar-refractivity contribution in [1.82, 2.24) is 9.80 Å². The zero-order chi connectivity index (χ0) is 28.5. The molecule has 3 fully saturated rings. The van der Waals surface area contributed by atoms with Gasteiger partial charge < -0.3 is 4.74 Å². The quantitative estimate of drug-likeness (QED) is 0.131. The third-order valence-corrected chi connectivity index (χ3v) is 13.7. The van der Waals surface area contributed by atoms with Crippen molar-refractivity contribution in [3.8, 4) is 0 Å². The molecule has 0 aromatic heterocycles. The van der Waals surface area contributed by atoms with Gasteiger partial charge in [0, 0.05) is 13.1 Å². The van der Waals surface area contributed by atoms with Crippen LogP contribution in [0.1, 0.15) is 99.3 Å². The summed E-state index contributed by atoms with van der Waals surface area (Å²) in [4.78, 5) is 40.9. The summed E-state index contributed by atoms with van der Waals surface area (Å²) in [6.45, 7) is 23.4. The molecular weight excluding hydrogens is 492 g/mol. The molecule has 0 radical (unpaired) electrons. The zero-order valence-electron chi connectivity index (χ0n) is 25.5. The van der Waals surface area contributed by atoms with E-state index in [1.165, 1.54) is 41.9 Å². The molecule has 0 aromatic carbocycles. The number of barbiturate groups is 1. The fraction of sp³-hybridized carbons (Fsp3) is 0.839. The average molecular weight is 547 g/mol. The number of urea groups is 1. The summed E-state index contributed by atoms with van der Waals surface area (Å²) in [6, 6.07) is 0.532. The molecule has 3 aliphatic rings. The molecule has 0 spiro atoms. The number of ether oxygens (including phenoxy) is 1. The van der Waals surface area contributed by atoms with E-state index in [-0.39, 0.29) is 34.5 Å². The van der Waals surface area contributed by atoms with Gasteiger partial charge >= 0.3 is 6.03 Å². The number of fused-ring (bicyclic) bond motifs is 1. The lowest BCUT2D eigenvalue weighted by Gasteiger charge is -2.53. The number of carbonyl (C=O) groups is 3. The lowest BCUT2D eigenvalue weighted by atomic mass is 9.52. The molecule has 7 heteroatoms. The van der Waals surface area contributed by atoms with Crippen LogP contribution in [0, 0.1) is 22.2 Å². The second-order valence-corrected chi connectivity index (χ2v) is 19.6. The molecular formula is C31H54N2O4Si. The van der Waals surface area contributed by atoms with Crippen molar-refractivity contribution in [2.24, 2.45) is 22.2 Å². The molecule has 3 rings (SSSR count). The van der Waals surface area contributed by atoms with Crippen LogP contribution in [0.4, 0.5) is 4.79 Å². The molecule has 6 nitrogen and oxygen atoms in total. The molecule has 2 heterocycles. The summed E-state index contributed by atoms with van der Waals surface area (Å²) in [5.74, 6) is -0.0140. The summed E-state index contributed by atoms with van der Waals surface area (Å²) in [7, 11) is -1.50. The Morgan fingerprint density at radius 2 is 1.50 bits per heavy atom. The first-order valence-electron chi connectivity index (χ1n) is 15.0. The number of nitrogens with zero attached hydrogens (tertiary/aromatic N) is 2. The van der Waals surface area contributed by atoms with Gasteiger partial charge in [0.1, 0.15) is 6.42 Å². The van der Waals surface area contributed by atoms with Crippen molar-refractivity contribution < 1.29 is 19.1 Å². The largest absolute Gasteiger partial charge is 0.369 e. The van der Waals surface area contributed by atoms with Crippen molar-refractivity contribution in [3.63, 3.8) is 0 Å². The number of imide groups is 2. The van der Waals surface area contributed by atoms with Crippen molar-refractivity contribution in [2.75, 3.05) is 13.1 Å². The fourth-order valence-electron chi connectivity index (χ4n) is 6.54. The minimum absolute atomic E-state index is 0.0139. The van der Waals surface area contributed by atoms with Gasteiger partial charge in [0.2, 0.25) is 11.8 Å². The van der Waals surface area contributed by atoms with Gasteiger partial charge in [-0.3, -0.25) is 19.4 Å². The molecule has 0 bridgehead atoms. The van der Waals surface area contributed by atoms with E-state index < -0.39 is 14.1 Å². The van der Waals surface area contributed by atoms with E-state index in [9.17, 15) is 14.4 Å². The average Bonchev–Trinajstić information content (AvgIpc) is 3.62. The van der Waals surface area contributed by atoms with Gasteiger partial charge in [-0.05, 0) is 67.1 Å². The van der Waals surface area contributed by atoms with Crippen molar-refractivity contribution >= 4 is 25.9 Å². The van der Waals surface area contributed by atoms with Gasteiger partial charge in [0.25, 0.3) is 0 Å². The van der Waals surface area contributed by atoms with E-state index in [4.69, 9.17) is 4.74 Å². The summed E-state index contributed by atoms with van der Waals surface area (Å²) < 4.78 is 5.91. The summed E-state index contributed by atoms with van der Waals surface area (Å²) in [5, 5.41) is 0. The second-order valence-electron chi connectivity index (χ2n) is 14.7. The molecule has 216 valence electrons. The Hall–Kier alpha value is -1.47. The van der Waals surface area contributed by atoms with Gasteiger partial charge in [0.15, 0.2) is 0 Å². The van der Waals surface area contributed by atoms with E-state index in [1.54, 1.807) is 0 Å². The third kappa shape index (κ3) is 6.80. The maximum Gasteiger partial charge on any atom is 0.333 e.